The molecule has 7 nitrogen and oxygen atoms in total. The molecule has 1 aromatic heterocycles. The van der Waals surface area contributed by atoms with Crippen molar-refractivity contribution in [3.63, 3.8) is 0 Å². The number of anilines is 1. The van der Waals surface area contributed by atoms with E-state index in [9.17, 15) is 10.1 Å². The van der Waals surface area contributed by atoms with Crippen LogP contribution in [0.1, 0.15) is 13.8 Å². The molecule has 1 aliphatic rings. The van der Waals surface area contributed by atoms with E-state index in [1.165, 1.54) is 17.8 Å². The van der Waals surface area contributed by atoms with Crippen molar-refractivity contribution in [2.24, 2.45) is 0 Å². The first-order valence-corrected chi connectivity index (χ1v) is 9.25. The second kappa shape index (κ2) is 7.00. The van der Waals surface area contributed by atoms with Gasteiger partial charge in [0, 0.05) is 55.6 Å². The number of rotatable bonds is 4. The van der Waals surface area contributed by atoms with Gasteiger partial charge in [0.25, 0.3) is 5.69 Å². The summed E-state index contributed by atoms with van der Waals surface area (Å²) in [5.74, 6) is 0.724. The smallest absolute Gasteiger partial charge is 0.271 e. The summed E-state index contributed by atoms with van der Waals surface area (Å²) in [6, 6.07) is 13.6. The lowest BCUT2D eigenvalue weighted by Gasteiger charge is -2.38. The van der Waals surface area contributed by atoms with E-state index >= 15 is 0 Å². The van der Waals surface area contributed by atoms with Gasteiger partial charge in [-0.1, -0.05) is 0 Å². The molecule has 140 valence electrons. The number of hydrogen-bond acceptors (Lipinski definition) is 5. The lowest BCUT2D eigenvalue weighted by Crippen LogP contribution is -2.48. The Labute approximate surface area is 157 Å². The van der Waals surface area contributed by atoms with Gasteiger partial charge in [0.2, 0.25) is 0 Å². The van der Waals surface area contributed by atoms with Gasteiger partial charge in [-0.2, -0.15) is 0 Å². The first-order valence-electron chi connectivity index (χ1n) is 9.25. The molecule has 0 saturated carbocycles. The van der Waals surface area contributed by atoms with Crippen LogP contribution in [-0.2, 0) is 0 Å². The second-order valence-electron chi connectivity index (χ2n) is 7.21. The number of benzene rings is 2. The Bertz CT molecular complexity index is 956. The summed E-state index contributed by atoms with van der Waals surface area (Å²) < 4.78 is 0. The maximum Gasteiger partial charge on any atom is 0.271 e. The van der Waals surface area contributed by atoms with Gasteiger partial charge < -0.3 is 9.88 Å². The SMILES string of the molecule is CC(C)N1CCN(c2ccc(-c3nc4ccc([N+](=O)[O-])cc4[nH]3)cc2)CC1. The highest BCUT2D eigenvalue weighted by molar-refractivity contribution is 5.81. The normalized spacial score (nSPS) is 15.6. The third-order valence-corrected chi connectivity index (χ3v) is 5.23. The fraction of sp³-hybridized carbons (Fsp3) is 0.350. The van der Waals surface area contributed by atoms with Crippen LogP contribution in [0.3, 0.4) is 0 Å². The summed E-state index contributed by atoms with van der Waals surface area (Å²) in [4.78, 5) is 23.2. The summed E-state index contributed by atoms with van der Waals surface area (Å²) in [5, 5.41) is 10.9. The van der Waals surface area contributed by atoms with Crippen LogP contribution < -0.4 is 4.90 Å². The minimum atomic E-state index is -0.395. The monoisotopic (exact) mass is 365 g/mol. The summed E-state index contributed by atoms with van der Waals surface area (Å²) in [6.45, 7) is 8.72. The van der Waals surface area contributed by atoms with Crippen LogP contribution in [0.2, 0.25) is 0 Å². The Morgan fingerprint density at radius 1 is 1.07 bits per heavy atom. The standard InChI is InChI=1S/C20H23N5O2/c1-14(2)23-9-11-24(12-10-23)16-5-3-15(4-6-16)20-21-18-8-7-17(25(26)27)13-19(18)22-20/h3-8,13-14H,9-12H2,1-2H3,(H,21,22). The number of nitrogens with zero attached hydrogens (tertiary/aromatic N) is 4. The third kappa shape index (κ3) is 3.50. The third-order valence-electron chi connectivity index (χ3n) is 5.23. The average molecular weight is 365 g/mol. The van der Waals surface area contributed by atoms with E-state index in [1.54, 1.807) is 6.07 Å². The maximum atomic E-state index is 10.9. The van der Waals surface area contributed by atoms with Gasteiger partial charge in [-0.25, -0.2) is 4.98 Å². The molecule has 0 aliphatic carbocycles. The first-order chi connectivity index (χ1) is 13.0. The second-order valence-corrected chi connectivity index (χ2v) is 7.21. The molecule has 0 spiro atoms. The molecular weight excluding hydrogens is 342 g/mol. The fourth-order valence-corrected chi connectivity index (χ4v) is 3.57. The van der Waals surface area contributed by atoms with E-state index in [0.29, 0.717) is 11.6 Å². The van der Waals surface area contributed by atoms with Crippen molar-refractivity contribution >= 4 is 22.4 Å². The number of H-pyrrole nitrogens is 1. The zero-order chi connectivity index (χ0) is 19.0. The van der Waals surface area contributed by atoms with Gasteiger partial charge in [0.1, 0.15) is 5.82 Å². The number of aromatic amines is 1. The molecule has 2 aromatic carbocycles. The summed E-state index contributed by atoms with van der Waals surface area (Å²) in [6.07, 6.45) is 0. The fourth-order valence-electron chi connectivity index (χ4n) is 3.57. The summed E-state index contributed by atoms with van der Waals surface area (Å²) >= 11 is 0. The van der Waals surface area contributed by atoms with Crippen LogP contribution in [0.5, 0.6) is 0 Å². The average Bonchev–Trinajstić information content (AvgIpc) is 3.11. The van der Waals surface area contributed by atoms with Gasteiger partial charge in [-0.3, -0.25) is 15.0 Å². The molecular formula is C20H23N5O2. The van der Waals surface area contributed by atoms with Crippen molar-refractivity contribution in [1.82, 2.24) is 14.9 Å². The molecule has 1 fully saturated rings. The number of non-ortho nitro benzene ring substituents is 1. The summed E-state index contributed by atoms with van der Waals surface area (Å²) in [5.41, 5.74) is 3.65. The van der Waals surface area contributed by atoms with Crippen molar-refractivity contribution in [2.75, 3.05) is 31.1 Å². The van der Waals surface area contributed by atoms with Crippen LogP contribution in [0, 0.1) is 10.1 Å². The number of fused-ring (bicyclic) bond motifs is 1. The quantitative estimate of drug-likeness (QED) is 0.564. The van der Waals surface area contributed by atoms with Crippen molar-refractivity contribution < 1.29 is 4.92 Å². The highest BCUT2D eigenvalue weighted by Gasteiger charge is 2.19. The number of nitrogens with one attached hydrogen (secondary N) is 1. The molecule has 0 amide bonds. The van der Waals surface area contributed by atoms with Crippen molar-refractivity contribution in [2.45, 2.75) is 19.9 Å². The van der Waals surface area contributed by atoms with Crippen LogP contribution in [0.4, 0.5) is 11.4 Å². The van der Waals surface area contributed by atoms with Crippen LogP contribution in [0.15, 0.2) is 42.5 Å². The minimum absolute atomic E-state index is 0.0635. The van der Waals surface area contributed by atoms with Gasteiger partial charge >= 0.3 is 0 Å². The highest BCUT2D eigenvalue weighted by atomic mass is 16.6. The molecule has 0 radical (unpaired) electrons. The van der Waals surface area contributed by atoms with Crippen LogP contribution in [-0.4, -0.2) is 52.0 Å². The van der Waals surface area contributed by atoms with Crippen molar-refractivity contribution in [1.29, 1.82) is 0 Å². The Kier molecular flexibility index (Phi) is 4.53. The number of piperazine rings is 1. The van der Waals surface area contributed by atoms with Crippen LogP contribution in [0.25, 0.3) is 22.4 Å². The number of nitro groups is 1. The number of nitro benzene ring substituents is 1. The number of aromatic nitrogens is 2. The van der Waals surface area contributed by atoms with E-state index in [-0.39, 0.29) is 5.69 Å². The lowest BCUT2D eigenvalue weighted by atomic mass is 10.1. The van der Waals surface area contributed by atoms with Gasteiger partial charge in [-0.15, -0.1) is 0 Å². The number of hydrogen-bond donors (Lipinski definition) is 1. The predicted molar refractivity (Wildman–Crippen MR) is 107 cm³/mol. The molecule has 1 N–H and O–H groups in total. The predicted octanol–water partition coefficient (Wildman–Crippen LogP) is 3.67. The molecule has 4 rings (SSSR count). The molecule has 3 aromatic rings. The minimum Gasteiger partial charge on any atom is -0.369 e. The van der Waals surface area contributed by atoms with Crippen molar-refractivity contribution in [3.05, 3.63) is 52.6 Å². The van der Waals surface area contributed by atoms with Gasteiger partial charge in [0.05, 0.1) is 16.0 Å². The molecule has 0 atom stereocenters. The first kappa shape index (κ1) is 17.5. The highest BCUT2D eigenvalue weighted by Crippen LogP contribution is 2.26. The summed E-state index contributed by atoms with van der Waals surface area (Å²) in [7, 11) is 0. The Morgan fingerprint density at radius 3 is 2.41 bits per heavy atom. The van der Waals surface area contributed by atoms with E-state index in [1.807, 2.05) is 0 Å². The van der Waals surface area contributed by atoms with Crippen molar-refractivity contribution in [3.8, 4) is 11.4 Å². The molecule has 1 saturated heterocycles. The largest absolute Gasteiger partial charge is 0.369 e. The van der Waals surface area contributed by atoms with Gasteiger partial charge in [-0.05, 0) is 44.2 Å². The maximum absolute atomic E-state index is 10.9. The lowest BCUT2D eigenvalue weighted by molar-refractivity contribution is -0.384. The van der Waals surface area contributed by atoms with Gasteiger partial charge in [0.15, 0.2) is 0 Å². The Hall–Kier alpha value is -2.93. The van der Waals surface area contributed by atoms with E-state index in [0.717, 1.165) is 43.1 Å². The van der Waals surface area contributed by atoms with E-state index < -0.39 is 4.92 Å². The van der Waals surface area contributed by atoms with Crippen LogP contribution >= 0.6 is 0 Å². The Balaban J connectivity index is 1.52. The molecule has 7 heteroatoms. The molecule has 2 heterocycles. The number of imidazole rings is 1. The van der Waals surface area contributed by atoms with E-state index in [2.05, 4.69) is 57.9 Å². The Morgan fingerprint density at radius 2 is 1.78 bits per heavy atom. The molecule has 0 bridgehead atoms. The molecule has 0 unspecified atom stereocenters. The van der Waals surface area contributed by atoms with E-state index in [4.69, 9.17) is 0 Å². The zero-order valence-corrected chi connectivity index (χ0v) is 15.6. The topological polar surface area (TPSA) is 78.3 Å². The molecule has 1 aliphatic heterocycles. The zero-order valence-electron chi connectivity index (χ0n) is 15.6. The molecule has 27 heavy (non-hydrogen) atoms.